The van der Waals surface area contributed by atoms with Gasteiger partial charge in [-0.25, -0.2) is 0 Å². The van der Waals surface area contributed by atoms with Crippen molar-refractivity contribution in [3.8, 4) is 0 Å². The number of hydrogen-bond donors (Lipinski definition) is 0. The standard InChI is InChI=1S/C21H25N/c1-3-10-19(11-4-1)14-9-16-21-15-7-8-17-22(21)18-20-12-5-2-6-13-20/h1-6,9-13,16,21H,7-8,14-15,17-18H2/b16-9+/t21-/m1/s1. The summed E-state index contributed by atoms with van der Waals surface area (Å²) in [6.07, 6.45) is 9.79. The van der Waals surface area contributed by atoms with Crippen LogP contribution in [0.25, 0.3) is 0 Å². The van der Waals surface area contributed by atoms with Gasteiger partial charge in [-0.2, -0.15) is 0 Å². The molecule has 1 nitrogen and oxygen atoms in total. The molecule has 2 aromatic carbocycles. The van der Waals surface area contributed by atoms with Crippen LogP contribution in [0, 0.1) is 0 Å². The second-order valence-electron chi connectivity index (χ2n) is 6.14. The molecule has 2 aromatic rings. The highest BCUT2D eigenvalue weighted by Crippen LogP contribution is 2.20. The van der Waals surface area contributed by atoms with Crippen LogP contribution in [0.2, 0.25) is 0 Å². The number of allylic oxidation sites excluding steroid dienone is 1. The summed E-state index contributed by atoms with van der Waals surface area (Å²) in [6.45, 7) is 2.29. The summed E-state index contributed by atoms with van der Waals surface area (Å²) in [5, 5.41) is 0. The van der Waals surface area contributed by atoms with Gasteiger partial charge in [0.15, 0.2) is 0 Å². The Morgan fingerprint density at radius 1 is 0.864 bits per heavy atom. The molecule has 1 saturated heterocycles. The molecule has 3 rings (SSSR count). The molecule has 0 amide bonds. The van der Waals surface area contributed by atoms with E-state index in [-0.39, 0.29) is 0 Å². The summed E-state index contributed by atoms with van der Waals surface area (Å²) in [6, 6.07) is 22.2. The average molecular weight is 291 g/mol. The molecule has 0 unspecified atom stereocenters. The van der Waals surface area contributed by atoms with Gasteiger partial charge < -0.3 is 0 Å². The van der Waals surface area contributed by atoms with Crippen LogP contribution in [0.15, 0.2) is 72.8 Å². The molecule has 0 spiro atoms. The third kappa shape index (κ3) is 4.32. The van der Waals surface area contributed by atoms with Gasteiger partial charge in [-0.15, -0.1) is 0 Å². The molecule has 1 aliphatic heterocycles. The molecule has 0 saturated carbocycles. The first kappa shape index (κ1) is 15.1. The first-order chi connectivity index (χ1) is 10.9. The fourth-order valence-corrected chi connectivity index (χ4v) is 3.22. The quantitative estimate of drug-likeness (QED) is 0.712. The summed E-state index contributed by atoms with van der Waals surface area (Å²) in [5.41, 5.74) is 2.81. The monoisotopic (exact) mass is 291 g/mol. The highest BCUT2D eigenvalue weighted by Gasteiger charge is 2.19. The van der Waals surface area contributed by atoms with Gasteiger partial charge in [0.2, 0.25) is 0 Å². The molecule has 1 aliphatic rings. The van der Waals surface area contributed by atoms with Crippen LogP contribution in [0.1, 0.15) is 30.4 Å². The van der Waals surface area contributed by atoms with E-state index in [4.69, 9.17) is 0 Å². The Morgan fingerprint density at radius 3 is 2.27 bits per heavy atom. The lowest BCUT2D eigenvalue weighted by Gasteiger charge is -2.34. The highest BCUT2D eigenvalue weighted by molar-refractivity contribution is 5.18. The minimum Gasteiger partial charge on any atom is -0.293 e. The number of benzene rings is 2. The lowest BCUT2D eigenvalue weighted by atomic mass is 10.00. The van der Waals surface area contributed by atoms with Crippen molar-refractivity contribution in [2.45, 2.75) is 38.3 Å². The van der Waals surface area contributed by atoms with E-state index in [0.29, 0.717) is 6.04 Å². The lowest BCUT2D eigenvalue weighted by Crippen LogP contribution is -2.37. The molecule has 22 heavy (non-hydrogen) atoms. The van der Waals surface area contributed by atoms with Crippen molar-refractivity contribution in [1.82, 2.24) is 4.90 Å². The summed E-state index contributed by atoms with van der Waals surface area (Å²) < 4.78 is 0. The SMILES string of the molecule is C(=C\[C@H]1CCCCN1Cc1ccccc1)/Cc1ccccc1. The normalized spacial score (nSPS) is 19.5. The summed E-state index contributed by atoms with van der Waals surface area (Å²) in [5.74, 6) is 0. The summed E-state index contributed by atoms with van der Waals surface area (Å²) in [7, 11) is 0. The van der Waals surface area contributed by atoms with Crippen LogP contribution in [0.4, 0.5) is 0 Å². The Kier molecular flexibility index (Phi) is 5.44. The van der Waals surface area contributed by atoms with Crippen LogP contribution in [0.3, 0.4) is 0 Å². The Hall–Kier alpha value is -1.86. The van der Waals surface area contributed by atoms with Crippen molar-refractivity contribution in [2.24, 2.45) is 0 Å². The molecular formula is C21H25N. The molecule has 0 bridgehead atoms. The minimum atomic E-state index is 0.595. The van der Waals surface area contributed by atoms with Crippen molar-refractivity contribution in [2.75, 3.05) is 6.54 Å². The molecule has 0 aliphatic carbocycles. The van der Waals surface area contributed by atoms with Gasteiger partial charge in [0, 0.05) is 12.6 Å². The van der Waals surface area contributed by atoms with Crippen molar-refractivity contribution in [3.63, 3.8) is 0 Å². The van der Waals surface area contributed by atoms with Crippen LogP contribution < -0.4 is 0 Å². The van der Waals surface area contributed by atoms with Gasteiger partial charge >= 0.3 is 0 Å². The topological polar surface area (TPSA) is 3.24 Å². The van der Waals surface area contributed by atoms with Crippen molar-refractivity contribution in [1.29, 1.82) is 0 Å². The second-order valence-corrected chi connectivity index (χ2v) is 6.14. The number of nitrogens with zero attached hydrogens (tertiary/aromatic N) is 1. The van der Waals surface area contributed by atoms with Gasteiger partial charge in [-0.1, -0.05) is 79.2 Å². The van der Waals surface area contributed by atoms with E-state index in [1.165, 1.54) is 36.9 Å². The fourth-order valence-electron chi connectivity index (χ4n) is 3.22. The zero-order valence-electron chi connectivity index (χ0n) is 13.2. The maximum atomic E-state index is 2.63. The van der Waals surface area contributed by atoms with Gasteiger partial charge in [0.05, 0.1) is 0 Å². The second kappa shape index (κ2) is 7.95. The summed E-state index contributed by atoms with van der Waals surface area (Å²) in [4.78, 5) is 2.63. The zero-order valence-corrected chi connectivity index (χ0v) is 13.2. The fraction of sp³-hybridized carbons (Fsp3) is 0.333. The molecule has 1 heterocycles. The van der Waals surface area contributed by atoms with Crippen LogP contribution in [-0.4, -0.2) is 17.5 Å². The Bertz CT molecular complexity index is 573. The predicted molar refractivity (Wildman–Crippen MR) is 93.8 cm³/mol. The predicted octanol–water partition coefficient (Wildman–Crippen LogP) is 4.84. The van der Waals surface area contributed by atoms with Crippen LogP contribution >= 0.6 is 0 Å². The van der Waals surface area contributed by atoms with Gasteiger partial charge in [-0.3, -0.25) is 4.90 Å². The molecular weight excluding hydrogens is 266 g/mol. The molecule has 1 atom stereocenters. The third-order valence-corrected chi connectivity index (χ3v) is 4.45. The van der Waals surface area contributed by atoms with E-state index >= 15 is 0 Å². The number of rotatable bonds is 5. The zero-order chi connectivity index (χ0) is 15.0. The van der Waals surface area contributed by atoms with Crippen molar-refractivity contribution >= 4 is 0 Å². The van der Waals surface area contributed by atoms with Gasteiger partial charge in [-0.05, 0) is 36.9 Å². The smallest absolute Gasteiger partial charge is 0.0281 e. The van der Waals surface area contributed by atoms with Crippen molar-refractivity contribution < 1.29 is 0 Å². The summed E-state index contributed by atoms with van der Waals surface area (Å²) >= 11 is 0. The van der Waals surface area contributed by atoms with Gasteiger partial charge in [0.1, 0.15) is 0 Å². The largest absolute Gasteiger partial charge is 0.293 e. The molecule has 1 fully saturated rings. The highest BCUT2D eigenvalue weighted by atomic mass is 15.2. The van der Waals surface area contributed by atoms with E-state index in [1.807, 2.05) is 0 Å². The molecule has 1 heteroatoms. The molecule has 114 valence electrons. The first-order valence-electron chi connectivity index (χ1n) is 8.40. The van der Waals surface area contributed by atoms with Crippen LogP contribution in [0.5, 0.6) is 0 Å². The maximum Gasteiger partial charge on any atom is 0.0281 e. The van der Waals surface area contributed by atoms with Crippen molar-refractivity contribution in [3.05, 3.63) is 83.9 Å². The third-order valence-electron chi connectivity index (χ3n) is 4.45. The maximum absolute atomic E-state index is 2.63. The molecule has 0 N–H and O–H groups in total. The van der Waals surface area contributed by atoms with E-state index in [1.54, 1.807) is 0 Å². The average Bonchev–Trinajstić information content (AvgIpc) is 2.58. The van der Waals surface area contributed by atoms with E-state index in [0.717, 1.165) is 13.0 Å². The molecule has 0 radical (unpaired) electrons. The Labute approximate surface area is 134 Å². The van der Waals surface area contributed by atoms with Crippen LogP contribution in [-0.2, 0) is 13.0 Å². The van der Waals surface area contributed by atoms with E-state index < -0.39 is 0 Å². The molecule has 0 aromatic heterocycles. The first-order valence-corrected chi connectivity index (χ1v) is 8.40. The minimum absolute atomic E-state index is 0.595. The number of piperidine rings is 1. The van der Waals surface area contributed by atoms with E-state index in [2.05, 4.69) is 77.7 Å². The van der Waals surface area contributed by atoms with E-state index in [9.17, 15) is 0 Å². The Balaban J connectivity index is 1.60. The Morgan fingerprint density at radius 2 is 1.55 bits per heavy atom. The lowest BCUT2D eigenvalue weighted by molar-refractivity contribution is 0.171. The van der Waals surface area contributed by atoms with Gasteiger partial charge in [0.25, 0.3) is 0 Å². The number of likely N-dealkylation sites (tertiary alicyclic amines) is 1. The number of hydrogen-bond acceptors (Lipinski definition) is 1.